The lowest BCUT2D eigenvalue weighted by atomic mass is 10.0. The highest BCUT2D eigenvalue weighted by Crippen LogP contribution is 2.17. The number of carbonyl (C=O) groups is 1. The molecule has 0 aliphatic rings. The molecule has 0 aliphatic heterocycles. The number of amides is 1. The van der Waals surface area contributed by atoms with Crippen LogP contribution in [-0.4, -0.2) is 26.9 Å². The van der Waals surface area contributed by atoms with Crippen molar-refractivity contribution in [2.75, 3.05) is 0 Å². The van der Waals surface area contributed by atoms with Crippen LogP contribution in [0.1, 0.15) is 25.8 Å². The number of halogens is 1. The van der Waals surface area contributed by atoms with Crippen LogP contribution in [0.15, 0.2) is 41.1 Å². The van der Waals surface area contributed by atoms with Gasteiger partial charge in [0.15, 0.2) is 0 Å². The molecule has 6 heteroatoms. The second-order valence-corrected chi connectivity index (χ2v) is 6.45. The molecule has 0 fully saturated rings. The summed E-state index contributed by atoms with van der Waals surface area (Å²) in [5, 5.41) is 11.3. The average Bonchev–Trinajstić information content (AvgIpc) is 2.98. The average molecular weight is 365 g/mol. The van der Waals surface area contributed by atoms with Crippen molar-refractivity contribution in [1.29, 1.82) is 0 Å². The van der Waals surface area contributed by atoms with Gasteiger partial charge in [-0.2, -0.15) is 15.0 Å². The highest BCUT2D eigenvalue weighted by molar-refractivity contribution is 9.10. The smallest absolute Gasteiger partial charge is 0.220 e. The van der Waals surface area contributed by atoms with E-state index in [0.29, 0.717) is 18.9 Å². The van der Waals surface area contributed by atoms with Gasteiger partial charge in [-0.05, 0) is 24.0 Å². The van der Waals surface area contributed by atoms with E-state index in [1.165, 1.54) is 0 Å². The number of benzene rings is 1. The van der Waals surface area contributed by atoms with E-state index >= 15 is 0 Å². The molecule has 0 bridgehead atoms. The molecule has 0 aliphatic carbocycles. The van der Waals surface area contributed by atoms with Crippen molar-refractivity contribution in [2.24, 2.45) is 5.92 Å². The number of hydrogen-bond acceptors (Lipinski definition) is 3. The van der Waals surface area contributed by atoms with Crippen LogP contribution < -0.4 is 5.32 Å². The molecule has 2 aromatic rings. The van der Waals surface area contributed by atoms with Gasteiger partial charge in [-0.25, -0.2) is 0 Å². The number of aromatic nitrogens is 3. The van der Waals surface area contributed by atoms with E-state index in [-0.39, 0.29) is 11.9 Å². The summed E-state index contributed by atoms with van der Waals surface area (Å²) in [6.07, 6.45) is 4.48. The molecule has 1 aromatic carbocycles. The van der Waals surface area contributed by atoms with Crippen LogP contribution in [-0.2, 0) is 17.8 Å². The van der Waals surface area contributed by atoms with Crippen molar-refractivity contribution in [2.45, 2.75) is 39.3 Å². The van der Waals surface area contributed by atoms with Crippen LogP contribution in [0.3, 0.4) is 0 Å². The molecule has 1 atom stereocenters. The first kappa shape index (κ1) is 16.7. The molecule has 1 aromatic heterocycles. The summed E-state index contributed by atoms with van der Waals surface area (Å²) in [6, 6.07) is 8.01. The highest BCUT2D eigenvalue weighted by atomic mass is 79.9. The number of carbonyl (C=O) groups excluding carboxylic acids is 1. The van der Waals surface area contributed by atoms with Crippen molar-refractivity contribution >= 4 is 21.8 Å². The zero-order valence-electron chi connectivity index (χ0n) is 12.9. The first-order valence-electron chi connectivity index (χ1n) is 7.43. The maximum Gasteiger partial charge on any atom is 0.220 e. The molecular weight excluding hydrogens is 344 g/mol. The number of nitrogens with one attached hydrogen (secondary N) is 1. The van der Waals surface area contributed by atoms with Gasteiger partial charge in [0.1, 0.15) is 0 Å². The van der Waals surface area contributed by atoms with E-state index in [2.05, 4.69) is 45.3 Å². The van der Waals surface area contributed by atoms with Gasteiger partial charge in [0.25, 0.3) is 0 Å². The zero-order valence-corrected chi connectivity index (χ0v) is 14.5. The standard InChI is InChI=1S/C16H21BrN4O/c1-12(2)15(11-21-18-9-10-19-21)20-16(22)8-7-13-5-3-4-6-14(13)17/h3-6,9-10,12,15H,7-8,11H2,1-2H3,(H,20,22). The second kappa shape index (κ2) is 8.08. The van der Waals surface area contributed by atoms with Crippen LogP contribution in [0, 0.1) is 5.92 Å². The number of nitrogens with zero attached hydrogens (tertiary/aromatic N) is 3. The lowest BCUT2D eigenvalue weighted by molar-refractivity contribution is -0.122. The molecule has 1 N–H and O–H groups in total. The molecule has 2 rings (SSSR count). The zero-order chi connectivity index (χ0) is 15.9. The molecule has 0 saturated heterocycles. The summed E-state index contributed by atoms with van der Waals surface area (Å²) in [7, 11) is 0. The number of hydrogen-bond donors (Lipinski definition) is 1. The van der Waals surface area contributed by atoms with Crippen molar-refractivity contribution in [3.8, 4) is 0 Å². The fraction of sp³-hybridized carbons (Fsp3) is 0.438. The largest absolute Gasteiger partial charge is 0.351 e. The third-order valence-electron chi connectivity index (χ3n) is 3.56. The highest BCUT2D eigenvalue weighted by Gasteiger charge is 2.17. The Balaban J connectivity index is 1.87. The van der Waals surface area contributed by atoms with E-state index in [9.17, 15) is 4.79 Å². The van der Waals surface area contributed by atoms with E-state index in [0.717, 1.165) is 16.5 Å². The summed E-state index contributed by atoms with van der Waals surface area (Å²) in [5.41, 5.74) is 1.15. The minimum atomic E-state index is 0.0270. The Hall–Kier alpha value is -1.69. The molecule has 0 spiro atoms. The quantitative estimate of drug-likeness (QED) is 0.821. The lowest BCUT2D eigenvalue weighted by Gasteiger charge is -2.21. The molecule has 22 heavy (non-hydrogen) atoms. The Labute approximate surface area is 139 Å². The maximum atomic E-state index is 12.2. The molecule has 0 saturated carbocycles. The van der Waals surface area contributed by atoms with Gasteiger partial charge in [-0.3, -0.25) is 4.79 Å². The van der Waals surface area contributed by atoms with Crippen molar-refractivity contribution in [1.82, 2.24) is 20.3 Å². The monoisotopic (exact) mass is 364 g/mol. The topological polar surface area (TPSA) is 59.8 Å². The van der Waals surface area contributed by atoms with E-state index in [1.54, 1.807) is 17.2 Å². The third kappa shape index (κ3) is 4.94. The van der Waals surface area contributed by atoms with Gasteiger partial charge < -0.3 is 5.32 Å². The fourth-order valence-electron chi connectivity index (χ4n) is 2.16. The minimum Gasteiger partial charge on any atom is -0.351 e. The van der Waals surface area contributed by atoms with Crippen LogP contribution in [0.5, 0.6) is 0 Å². The maximum absolute atomic E-state index is 12.2. The minimum absolute atomic E-state index is 0.0270. The predicted molar refractivity (Wildman–Crippen MR) is 89.3 cm³/mol. The van der Waals surface area contributed by atoms with Crippen molar-refractivity contribution < 1.29 is 4.79 Å². The Morgan fingerprint density at radius 1 is 1.27 bits per heavy atom. The Kier molecular flexibility index (Phi) is 6.12. The molecule has 1 amide bonds. The van der Waals surface area contributed by atoms with Crippen molar-refractivity contribution in [3.05, 3.63) is 46.7 Å². The molecular formula is C16H21BrN4O. The van der Waals surface area contributed by atoms with Gasteiger partial charge >= 0.3 is 0 Å². The first-order chi connectivity index (χ1) is 10.6. The van der Waals surface area contributed by atoms with Crippen molar-refractivity contribution in [3.63, 3.8) is 0 Å². The Bertz CT molecular complexity index is 598. The van der Waals surface area contributed by atoms with Gasteiger partial charge in [0.05, 0.1) is 25.0 Å². The van der Waals surface area contributed by atoms with Gasteiger partial charge in [-0.1, -0.05) is 48.0 Å². The van der Waals surface area contributed by atoms with Gasteiger partial charge in [-0.15, -0.1) is 0 Å². The number of aryl methyl sites for hydroxylation is 1. The molecule has 1 unspecified atom stereocenters. The summed E-state index contributed by atoms with van der Waals surface area (Å²) in [4.78, 5) is 13.8. The van der Waals surface area contributed by atoms with E-state index in [1.807, 2.05) is 24.3 Å². The van der Waals surface area contributed by atoms with E-state index in [4.69, 9.17) is 0 Å². The third-order valence-corrected chi connectivity index (χ3v) is 4.33. The van der Waals surface area contributed by atoms with Gasteiger partial charge in [0, 0.05) is 10.9 Å². The van der Waals surface area contributed by atoms with Gasteiger partial charge in [0.2, 0.25) is 5.91 Å². The molecule has 118 valence electrons. The fourth-order valence-corrected chi connectivity index (χ4v) is 2.65. The lowest BCUT2D eigenvalue weighted by Crippen LogP contribution is -2.42. The normalized spacial score (nSPS) is 12.4. The summed E-state index contributed by atoms with van der Waals surface area (Å²) in [6.45, 7) is 4.76. The van der Waals surface area contributed by atoms with Crippen LogP contribution in [0.2, 0.25) is 0 Å². The Morgan fingerprint density at radius 3 is 2.59 bits per heavy atom. The van der Waals surface area contributed by atoms with Crippen LogP contribution >= 0.6 is 15.9 Å². The Morgan fingerprint density at radius 2 is 1.95 bits per heavy atom. The summed E-state index contributed by atoms with van der Waals surface area (Å²) in [5.74, 6) is 0.375. The summed E-state index contributed by atoms with van der Waals surface area (Å²) < 4.78 is 1.05. The molecule has 5 nitrogen and oxygen atoms in total. The van der Waals surface area contributed by atoms with E-state index < -0.39 is 0 Å². The molecule has 0 radical (unpaired) electrons. The summed E-state index contributed by atoms with van der Waals surface area (Å²) >= 11 is 3.51. The molecule has 1 heterocycles. The van der Waals surface area contributed by atoms with Crippen LogP contribution in [0.25, 0.3) is 0 Å². The first-order valence-corrected chi connectivity index (χ1v) is 8.22. The van der Waals surface area contributed by atoms with Crippen LogP contribution in [0.4, 0.5) is 0 Å². The predicted octanol–water partition coefficient (Wildman–Crippen LogP) is 2.81. The number of rotatable bonds is 7. The second-order valence-electron chi connectivity index (χ2n) is 5.59. The SMILES string of the molecule is CC(C)C(Cn1nccn1)NC(=O)CCc1ccccc1Br.